The summed E-state index contributed by atoms with van der Waals surface area (Å²) in [4.78, 5) is 21.6. The molecular weight excluding hydrogens is 408 g/mol. The summed E-state index contributed by atoms with van der Waals surface area (Å²) in [6.07, 6.45) is 7.92. The number of aromatic nitrogens is 2. The number of imidazole rings is 1. The van der Waals surface area contributed by atoms with Crippen molar-refractivity contribution in [2.45, 2.75) is 48.9 Å². The zero-order chi connectivity index (χ0) is 20.9. The molecule has 2 heterocycles. The van der Waals surface area contributed by atoms with Gasteiger partial charge in [-0.2, -0.15) is 8.78 Å². The first kappa shape index (κ1) is 21.1. The molecule has 30 heavy (non-hydrogen) atoms. The first-order valence-corrected chi connectivity index (χ1v) is 11.3. The molecule has 0 bridgehead atoms. The highest BCUT2D eigenvalue weighted by Gasteiger charge is 2.23. The number of hydrogen-bond acceptors (Lipinski definition) is 4. The van der Waals surface area contributed by atoms with Gasteiger partial charge in [0.1, 0.15) is 5.82 Å². The van der Waals surface area contributed by atoms with Gasteiger partial charge in [-0.25, -0.2) is 9.78 Å². The molecule has 1 aromatic carbocycles. The van der Waals surface area contributed by atoms with E-state index in [1.54, 1.807) is 4.90 Å². The summed E-state index contributed by atoms with van der Waals surface area (Å²) in [5.74, 6) is 0.346. The van der Waals surface area contributed by atoms with E-state index in [1.165, 1.54) is 43.0 Å². The number of nitrogens with zero attached hydrogens (tertiary/aromatic N) is 4. The Morgan fingerprint density at radius 3 is 2.50 bits per heavy atom. The average molecular weight is 436 g/mol. The molecule has 2 aromatic rings. The van der Waals surface area contributed by atoms with Crippen LogP contribution in [0.15, 0.2) is 41.6 Å². The molecule has 1 aliphatic carbocycles. The molecular formula is C21H27F2N5OS. The van der Waals surface area contributed by atoms with E-state index >= 15 is 0 Å². The number of carbonyl (C=O) groups excluding carboxylic acids is 1. The van der Waals surface area contributed by atoms with Gasteiger partial charge in [-0.05, 0) is 37.1 Å². The molecule has 1 aromatic heterocycles. The van der Waals surface area contributed by atoms with Crippen LogP contribution in [0.25, 0.3) is 0 Å². The van der Waals surface area contributed by atoms with Crippen molar-refractivity contribution in [3.05, 3.63) is 42.5 Å². The Labute approximate surface area is 179 Å². The number of piperazine rings is 1. The molecule has 0 radical (unpaired) electrons. The van der Waals surface area contributed by atoms with Crippen molar-refractivity contribution < 1.29 is 13.6 Å². The van der Waals surface area contributed by atoms with Gasteiger partial charge < -0.3 is 10.2 Å². The normalized spacial score (nSPS) is 18.3. The number of carbonyl (C=O) groups is 1. The largest absolute Gasteiger partial charge is 0.322 e. The number of nitrogens with one attached hydrogen (secondary N) is 1. The molecule has 1 saturated heterocycles. The van der Waals surface area contributed by atoms with Gasteiger partial charge in [0.05, 0.1) is 6.54 Å². The highest BCUT2D eigenvalue weighted by Crippen LogP contribution is 2.35. The van der Waals surface area contributed by atoms with Crippen LogP contribution in [-0.2, 0) is 6.54 Å². The second-order valence-electron chi connectivity index (χ2n) is 7.77. The van der Waals surface area contributed by atoms with Crippen LogP contribution in [0.5, 0.6) is 0 Å². The number of thioether (sulfide) groups is 1. The Morgan fingerprint density at radius 2 is 1.83 bits per heavy atom. The predicted molar refractivity (Wildman–Crippen MR) is 114 cm³/mol. The third-order valence-electron chi connectivity index (χ3n) is 5.69. The minimum Gasteiger partial charge on any atom is -0.322 e. The maximum atomic E-state index is 13.0. The SMILES string of the molecule is O=C(Nc1ccc(SC2CCCC2)cc1)N1CCN(Cc2nccn2C(F)F)CC1. The lowest BCUT2D eigenvalue weighted by molar-refractivity contribution is 0.0620. The number of amides is 2. The quantitative estimate of drug-likeness (QED) is 0.717. The maximum absolute atomic E-state index is 13.0. The fraction of sp³-hybridized carbons (Fsp3) is 0.524. The number of anilines is 1. The lowest BCUT2D eigenvalue weighted by atomic mass is 10.3. The summed E-state index contributed by atoms with van der Waals surface area (Å²) in [6.45, 7) is 0.124. The summed E-state index contributed by atoms with van der Waals surface area (Å²) in [6, 6.07) is 7.93. The molecule has 1 saturated carbocycles. The van der Waals surface area contributed by atoms with Crippen molar-refractivity contribution in [2.24, 2.45) is 0 Å². The number of halogens is 2. The minimum atomic E-state index is -2.59. The molecule has 6 nitrogen and oxygen atoms in total. The Morgan fingerprint density at radius 1 is 1.13 bits per heavy atom. The van der Waals surface area contributed by atoms with Gasteiger partial charge >= 0.3 is 12.6 Å². The summed E-state index contributed by atoms with van der Waals surface area (Å²) >= 11 is 1.93. The zero-order valence-corrected chi connectivity index (χ0v) is 17.7. The second-order valence-corrected chi connectivity index (χ2v) is 9.14. The van der Waals surface area contributed by atoms with Crippen LogP contribution < -0.4 is 5.32 Å². The summed E-state index contributed by atoms with van der Waals surface area (Å²) in [5.41, 5.74) is 0.789. The van der Waals surface area contributed by atoms with Gasteiger partial charge in [0.2, 0.25) is 0 Å². The minimum absolute atomic E-state index is 0.125. The Bertz CT molecular complexity index is 830. The van der Waals surface area contributed by atoms with Crippen molar-refractivity contribution in [2.75, 3.05) is 31.5 Å². The van der Waals surface area contributed by atoms with Crippen LogP contribution in [-0.4, -0.2) is 56.8 Å². The zero-order valence-electron chi connectivity index (χ0n) is 16.8. The molecule has 9 heteroatoms. The second kappa shape index (κ2) is 9.78. The molecule has 2 amide bonds. The monoisotopic (exact) mass is 435 g/mol. The van der Waals surface area contributed by atoms with Crippen LogP contribution >= 0.6 is 11.8 Å². The van der Waals surface area contributed by atoms with Crippen LogP contribution in [0.2, 0.25) is 0 Å². The van der Waals surface area contributed by atoms with Crippen LogP contribution in [0.1, 0.15) is 38.1 Å². The molecule has 0 spiro atoms. The standard InChI is InChI=1S/C21H27F2N5OS/c22-20(23)28-10-9-24-19(28)15-26-11-13-27(14-12-26)21(29)25-16-5-7-18(8-6-16)30-17-3-1-2-4-17/h5-10,17,20H,1-4,11-15H2,(H,25,29). The van der Waals surface area contributed by atoms with Crippen molar-refractivity contribution in [1.29, 1.82) is 0 Å². The Kier molecular flexibility index (Phi) is 6.89. The fourth-order valence-corrected chi connectivity index (χ4v) is 5.22. The van der Waals surface area contributed by atoms with Gasteiger partial charge in [0.25, 0.3) is 0 Å². The maximum Gasteiger partial charge on any atom is 0.321 e. The molecule has 162 valence electrons. The summed E-state index contributed by atoms with van der Waals surface area (Å²) in [5, 5.41) is 3.68. The lowest BCUT2D eigenvalue weighted by Crippen LogP contribution is -2.49. The smallest absolute Gasteiger partial charge is 0.321 e. The van der Waals surface area contributed by atoms with E-state index in [-0.39, 0.29) is 6.03 Å². The van der Waals surface area contributed by atoms with Gasteiger partial charge in [-0.3, -0.25) is 9.47 Å². The van der Waals surface area contributed by atoms with Crippen molar-refractivity contribution in [1.82, 2.24) is 19.4 Å². The van der Waals surface area contributed by atoms with Gasteiger partial charge in [0, 0.05) is 54.4 Å². The molecule has 2 fully saturated rings. The van der Waals surface area contributed by atoms with Crippen molar-refractivity contribution >= 4 is 23.5 Å². The lowest BCUT2D eigenvalue weighted by Gasteiger charge is -2.34. The first-order valence-electron chi connectivity index (χ1n) is 10.4. The highest BCUT2D eigenvalue weighted by atomic mass is 32.2. The van der Waals surface area contributed by atoms with E-state index < -0.39 is 6.55 Å². The van der Waals surface area contributed by atoms with Gasteiger partial charge in [-0.1, -0.05) is 12.8 Å². The third-order valence-corrected chi connectivity index (χ3v) is 7.04. The van der Waals surface area contributed by atoms with Crippen LogP contribution in [0, 0.1) is 0 Å². The number of alkyl halides is 2. The van der Waals surface area contributed by atoms with E-state index in [0.717, 1.165) is 15.5 Å². The van der Waals surface area contributed by atoms with Crippen molar-refractivity contribution in [3.63, 3.8) is 0 Å². The van der Waals surface area contributed by atoms with Gasteiger partial charge in [0.15, 0.2) is 0 Å². The van der Waals surface area contributed by atoms with E-state index in [2.05, 4.69) is 22.4 Å². The number of hydrogen-bond donors (Lipinski definition) is 1. The average Bonchev–Trinajstić information content (AvgIpc) is 3.42. The highest BCUT2D eigenvalue weighted by molar-refractivity contribution is 8.00. The summed E-state index contributed by atoms with van der Waals surface area (Å²) < 4.78 is 26.8. The number of urea groups is 1. The molecule has 1 N–H and O–H groups in total. The van der Waals surface area contributed by atoms with E-state index in [0.29, 0.717) is 38.5 Å². The number of rotatable bonds is 6. The molecule has 0 unspecified atom stereocenters. The van der Waals surface area contributed by atoms with Crippen LogP contribution in [0.3, 0.4) is 0 Å². The van der Waals surface area contributed by atoms with E-state index in [9.17, 15) is 13.6 Å². The molecule has 2 aliphatic rings. The predicted octanol–water partition coefficient (Wildman–Crippen LogP) is 4.66. The third kappa shape index (κ3) is 5.31. The number of benzene rings is 1. The summed E-state index contributed by atoms with van der Waals surface area (Å²) in [7, 11) is 0. The Hall–Kier alpha value is -2.13. The molecule has 4 rings (SSSR count). The topological polar surface area (TPSA) is 53.4 Å². The van der Waals surface area contributed by atoms with E-state index in [4.69, 9.17) is 0 Å². The Balaban J connectivity index is 1.23. The first-order chi connectivity index (χ1) is 14.6. The van der Waals surface area contributed by atoms with Crippen LogP contribution in [0.4, 0.5) is 19.3 Å². The fourth-order valence-electron chi connectivity index (χ4n) is 3.97. The van der Waals surface area contributed by atoms with Crippen molar-refractivity contribution in [3.8, 4) is 0 Å². The van der Waals surface area contributed by atoms with E-state index in [1.807, 2.05) is 28.8 Å². The van der Waals surface area contributed by atoms with Gasteiger partial charge in [-0.15, -0.1) is 11.8 Å². The molecule has 0 atom stereocenters. The molecule has 1 aliphatic heterocycles.